The van der Waals surface area contributed by atoms with Crippen LogP contribution in [0.3, 0.4) is 0 Å². The molecular formula is C22H24ClN5O3. The maximum absolute atomic E-state index is 13.0. The number of nitriles is 1. The number of nitrogens with one attached hydrogen (secondary N) is 1. The zero-order chi connectivity index (χ0) is 21.5. The second-order valence-electron chi connectivity index (χ2n) is 8.44. The van der Waals surface area contributed by atoms with E-state index in [9.17, 15) is 20.0 Å². The molecule has 1 saturated carbocycles. The maximum atomic E-state index is 13.0. The molecule has 0 spiro atoms. The molecule has 0 bridgehead atoms. The van der Waals surface area contributed by atoms with E-state index in [1.54, 1.807) is 55.3 Å². The van der Waals surface area contributed by atoms with E-state index in [0.717, 1.165) is 12.8 Å². The molecule has 2 aliphatic rings. The maximum Gasteiger partial charge on any atom is 0.313 e. The van der Waals surface area contributed by atoms with Gasteiger partial charge < -0.3 is 10.4 Å². The highest BCUT2D eigenvalue weighted by atomic mass is 35.5. The molecule has 2 heterocycles. The van der Waals surface area contributed by atoms with Gasteiger partial charge in [0.1, 0.15) is 11.2 Å². The van der Waals surface area contributed by atoms with E-state index in [4.69, 9.17) is 0 Å². The van der Waals surface area contributed by atoms with Gasteiger partial charge >= 0.3 is 5.97 Å². The van der Waals surface area contributed by atoms with Crippen molar-refractivity contribution >= 4 is 41.7 Å². The number of nitrogens with zero attached hydrogens (tertiary/aromatic N) is 4. The third-order valence-corrected chi connectivity index (χ3v) is 6.15. The molecule has 1 aromatic heterocycles. The number of carboxylic acid groups (broad SMARTS) is 1. The standard InChI is InChI=1S/C22H23N5O3.ClH/c1-21(2,19(29)30)14-5-7-16(8-6-14)25-20-24-11-9-17(26-20)27-12-10-22(13-23,18(27)28)15-3-4-15;/h5-9,11,15H,3-4,10,12H2,1-2H3,(H,29,30)(H,24,25,26);1H/t22-;/m1./s1. The number of carbonyl (C=O) groups excluding carboxylic acids is 1. The van der Waals surface area contributed by atoms with Crippen LogP contribution in [0, 0.1) is 22.7 Å². The number of aromatic nitrogens is 2. The summed E-state index contributed by atoms with van der Waals surface area (Å²) in [5.41, 5.74) is -0.509. The van der Waals surface area contributed by atoms with Crippen molar-refractivity contribution in [3.63, 3.8) is 0 Å². The van der Waals surface area contributed by atoms with Crippen LogP contribution in [-0.2, 0) is 15.0 Å². The van der Waals surface area contributed by atoms with Gasteiger partial charge in [-0.3, -0.25) is 14.5 Å². The fourth-order valence-corrected chi connectivity index (χ4v) is 3.89. The van der Waals surface area contributed by atoms with Gasteiger partial charge in [0.15, 0.2) is 0 Å². The highest BCUT2D eigenvalue weighted by molar-refractivity contribution is 6.01. The number of hydrogen-bond acceptors (Lipinski definition) is 6. The molecule has 1 aromatic carbocycles. The second-order valence-corrected chi connectivity index (χ2v) is 8.44. The van der Waals surface area contributed by atoms with E-state index < -0.39 is 16.8 Å². The van der Waals surface area contributed by atoms with Crippen molar-refractivity contribution in [1.29, 1.82) is 5.26 Å². The smallest absolute Gasteiger partial charge is 0.313 e. The molecule has 8 nitrogen and oxygen atoms in total. The number of benzene rings is 1. The first-order valence-electron chi connectivity index (χ1n) is 9.95. The quantitative estimate of drug-likeness (QED) is 0.701. The highest BCUT2D eigenvalue weighted by Crippen LogP contribution is 2.51. The van der Waals surface area contributed by atoms with Crippen LogP contribution in [0.25, 0.3) is 0 Å². The largest absolute Gasteiger partial charge is 0.481 e. The Morgan fingerprint density at radius 2 is 1.97 bits per heavy atom. The molecule has 1 aliphatic carbocycles. The zero-order valence-electron chi connectivity index (χ0n) is 17.3. The fraction of sp³-hybridized carbons (Fsp3) is 0.409. The Balaban J connectivity index is 0.00000272. The molecule has 2 fully saturated rings. The molecule has 0 radical (unpaired) electrons. The minimum Gasteiger partial charge on any atom is -0.481 e. The summed E-state index contributed by atoms with van der Waals surface area (Å²) >= 11 is 0. The Morgan fingerprint density at radius 3 is 2.55 bits per heavy atom. The van der Waals surface area contributed by atoms with E-state index in [2.05, 4.69) is 21.4 Å². The summed E-state index contributed by atoms with van der Waals surface area (Å²) in [6.07, 6.45) is 3.96. The molecule has 162 valence electrons. The molecule has 9 heteroatoms. The molecule has 1 amide bonds. The monoisotopic (exact) mass is 441 g/mol. The van der Waals surface area contributed by atoms with Gasteiger partial charge in [-0.05, 0) is 62.8 Å². The minimum atomic E-state index is -0.986. The third-order valence-electron chi connectivity index (χ3n) is 6.15. The predicted octanol–water partition coefficient (Wildman–Crippen LogP) is 3.66. The molecule has 0 unspecified atom stereocenters. The van der Waals surface area contributed by atoms with Gasteiger partial charge in [0, 0.05) is 18.4 Å². The van der Waals surface area contributed by atoms with Gasteiger partial charge in [0.05, 0.1) is 11.5 Å². The summed E-state index contributed by atoms with van der Waals surface area (Å²) < 4.78 is 0. The summed E-state index contributed by atoms with van der Waals surface area (Å²) in [7, 11) is 0. The number of aliphatic carboxylic acids is 1. The van der Waals surface area contributed by atoms with Crippen LogP contribution in [-0.4, -0.2) is 33.5 Å². The molecule has 1 saturated heterocycles. The first-order valence-corrected chi connectivity index (χ1v) is 9.95. The molecular weight excluding hydrogens is 418 g/mol. The predicted molar refractivity (Wildman–Crippen MR) is 117 cm³/mol. The molecule has 2 N–H and O–H groups in total. The normalized spacial score (nSPS) is 20.7. The van der Waals surface area contributed by atoms with Gasteiger partial charge in [-0.25, -0.2) is 4.98 Å². The van der Waals surface area contributed by atoms with Crippen LogP contribution in [0.4, 0.5) is 17.5 Å². The third kappa shape index (κ3) is 3.93. The first kappa shape index (κ1) is 22.5. The highest BCUT2D eigenvalue weighted by Gasteiger charge is 2.57. The average Bonchev–Trinajstić information content (AvgIpc) is 3.52. The van der Waals surface area contributed by atoms with E-state index >= 15 is 0 Å². The number of anilines is 3. The fourth-order valence-electron chi connectivity index (χ4n) is 3.89. The van der Waals surface area contributed by atoms with Crippen LogP contribution in [0.5, 0.6) is 0 Å². The molecule has 1 aliphatic heterocycles. The summed E-state index contributed by atoms with van der Waals surface area (Å²) in [5.74, 6) is -0.107. The molecule has 31 heavy (non-hydrogen) atoms. The van der Waals surface area contributed by atoms with E-state index in [0.29, 0.717) is 36.0 Å². The van der Waals surface area contributed by atoms with E-state index in [1.807, 2.05) is 0 Å². The summed E-state index contributed by atoms with van der Waals surface area (Å²) in [4.78, 5) is 34.6. The summed E-state index contributed by atoms with van der Waals surface area (Å²) in [5, 5.41) is 22.1. The van der Waals surface area contributed by atoms with Crippen LogP contribution >= 0.6 is 12.4 Å². The van der Waals surface area contributed by atoms with Crippen LogP contribution in [0.1, 0.15) is 38.7 Å². The van der Waals surface area contributed by atoms with Crippen LogP contribution < -0.4 is 10.2 Å². The Morgan fingerprint density at radius 1 is 1.29 bits per heavy atom. The zero-order valence-corrected chi connectivity index (χ0v) is 18.1. The summed E-state index contributed by atoms with van der Waals surface area (Å²) in [6.45, 7) is 3.78. The first-order chi connectivity index (χ1) is 14.3. The molecule has 4 rings (SSSR count). The van der Waals surface area contributed by atoms with Crippen molar-refractivity contribution in [2.24, 2.45) is 11.3 Å². The number of halogens is 1. The second kappa shape index (κ2) is 8.16. The molecule has 2 aromatic rings. The Hall–Kier alpha value is -3.18. The molecule has 1 atom stereocenters. The van der Waals surface area contributed by atoms with Gasteiger partial charge in [-0.2, -0.15) is 10.2 Å². The Kier molecular flexibility index (Phi) is 5.92. The lowest BCUT2D eigenvalue weighted by Gasteiger charge is -2.21. The van der Waals surface area contributed by atoms with Crippen LogP contribution in [0.2, 0.25) is 0 Å². The number of rotatable bonds is 6. The lowest BCUT2D eigenvalue weighted by Crippen LogP contribution is -2.35. The van der Waals surface area contributed by atoms with Crippen molar-refractivity contribution in [2.45, 2.75) is 38.5 Å². The minimum absolute atomic E-state index is 0. The van der Waals surface area contributed by atoms with Crippen molar-refractivity contribution < 1.29 is 14.7 Å². The SMILES string of the molecule is CC(C)(C(=O)O)c1ccc(Nc2nccc(N3CC[C@@](C#N)(C4CC4)C3=O)n2)cc1.Cl. The number of carbonyl (C=O) groups is 2. The van der Waals surface area contributed by atoms with Gasteiger partial charge in [0.2, 0.25) is 11.9 Å². The van der Waals surface area contributed by atoms with Crippen LogP contribution in [0.15, 0.2) is 36.5 Å². The lowest BCUT2D eigenvalue weighted by molar-refractivity contribution is -0.142. The number of carboxylic acids is 1. The topological polar surface area (TPSA) is 119 Å². The Labute approximate surface area is 186 Å². The number of hydrogen-bond donors (Lipinski definition) is 2. The lowest BCUT2D eigenvalue weighted by atomic mass is 9.83. The van der Waals surface area contributed by atoms with Crippen molar-refractivity contribution in [2.75, 3.05) is 16.8 Å². The van der Waals surface area contributed by atoms with Gasteiger partial charge in [0.25, 0.3) is 0 Å². The van der Waals surface area contributed by atoms with E-state index in [-0.39, 0.29) is 24.2 Å². The average molecular weight is 442 g/mol. The van der Waals surface area contributed by atoms with Crippen molar-refractivity contribution in [3.05, 3.63) is 42.1 Å². The van der Waals surface area contributed by atoms with Crippen molar-refractivity contribution in [3.8, 4) is 6.07 Å². The number of amides is 1. The Bertz CT molecular complexity index is 1050. The van der Waals surface area contributed by atoms with Gasteiger partial charge in [-0.1, -0.05) is 12.1 Å². The van der Waals surface area contributed by atoms with Crippen molar-refractivity contribution in [1.82, 2.24) is 9.97 Å². The van der Waals surface area contributed by atoms with Gasteiger partial charge in [-0.15, -0.1) is 12.4 Å². The van der Waals surface area contributed by atoms with E-state index in [1.165, 1.54) is 0 Å². The summed E-state index contributed by atoms with van der Waals surface area (Å²) in [6, 6.07) is 11.0.